The molecule has 0 aromatic carbocycles. The first-order chi connectivity index (χ1) is 10.3. The van der Waals surface area contributed by atoms with E-state index in [4.69, 9.17) is 4.74 Å². The van der Waals surface area contributed by atoms with Crippen LogP contribution in [0.15, 0.2) is 42.9 Å². The number of methoxy groups -OCH3 is 1. The van der Waals surface area contributed by atoms with E-state index in [9.17, 15) is 4.79 Å². The highest BCUT2D eigenvalue weighted by molar-refractivity contribution is 5.90. The van der Waals surface area contributed by atoms with Gasteiger partial charge in [-0.2, -0.15) is 5.10 Å². The van der Waals surface area contributed by atoms with Crippen LogP contribution in [0.25, 0.3) is 5.65 Å². The number of fused-ring (bicyclic) bond motifs is 1. The summed E-state index contributed by atoms with van der Waals surface area (Å²) in [7, 11) is 1.30. The van der Waals surface area contributed by atoms with Gasteiger partial charge in [0.1, 0.15) is 12.9 Å². The second kappa shape index (κ2) is 5.58. The van der Waals surface area contributed by atoms with Gasteiger partial charge in [0.15, 0.2) is 17.1 Å². The Morgan fingerprint density at radius 3 is 3.00 bits per heavy atom. The molecule has 0 unspecified atom stereocenters. The summed E-state index contributed by atoms with van der Waals surface area (Å²) in [6.07, 6.45) is 2.99. The van der Waals surface area contributed by atoms with Gasteiger partial charge >= 0.3 is 5.97 Å². The van der Waals surface area contributed by atoms with Crippen LogP contribution in [0.5, 0.6) is 5.75 Å². The first-order valence-corrected chi connectivity index (χ1v) is 6.23. The predicted molar refractivity (Wildman–Crippen MR) is 72.9 cm³/mol. The largest absolute Gasteiger partial charge is 0.485 e. The van der Waals surface area contributed by atoms with Crippen molar-refractivity contribution in [2.24, 2.45) is 0 Å². The van der Waals surface area contributed by atoms with Crippen molar-refractivity contribution in [1.82, 2.24) is 19.6 Å². The third-order valence-electron chi connectivity index (χ3n) is 2.91. The molecule has 0 aliphatic rings. The van der Waals surface area contributed by atoms with Gasteiger partial charge < -0.3 is 9.47 Å². The van der Waals surface area contributed by atoms with Crippen LogP contribution < -0.4 is 4.74 Å². The van der Waals surface area contributed by atoms with Crippen LogP contribution in [0.2, 0.25) is 0 Å². The maximum Gasteiger partial charge on any atom is 0.360 e. The average molecular weight is 284 g/mol. The van der Waals surface area contributed by atoms with E-state index in [1.54, 1.807) is 16.6 Å². The Bertz CT molecular complexity index is 784. The summed E-state index contributed by atoms with van der Waals surface area (Å²) in [5.41, 5.74) is 1.69. The third kappa shape index (κ3) is 2.53. The Balaban J connectivity index is 1.85. The van der Waals surface area contributed by atoms with Crippen LogP contribution >= 0.6 is 0 Å². The van der Waals surface area contributed by atoms with Crippen LogP contribution in [-0.2, 0) is 11.3 Å². The van der Waals surface area contributed by atoms with Crippen molar-refractivity contribution in [2.45, 2.75) is 6.61 Å². The number of nitrogens with zero attached hydrogens (tertiary/aromatic N) is 4. The summed E-state index contributed by atoms with van der Waals surface area (Å²) in [5.74, 6) is -0.175. The van der Waals surface area contributed by atoms with Crippen LogP contribution in [0, 0.1) is 0 Å². The zero-order valence-corrected chi connectivity index (χ0v) is 11.3. The van der Waals surface area contributed by atoms with E-state index in [0.717, 1.165) is 11.3 Å². The van der Waals surface area contributed by atoms with Gasteiger partial charge in [0, 0.05) is 6.20 Å². The smallest absolute Gasteiger partial charge is 0.360 e. The first-order valence-electron chi connectivity index (χ1n) is 6.23. The van der Waals surface area contributed by atoms with Crippen molar-refractivity contribution >= 4 is 11.6 Å². The quantitative estimate of drug-likeness (QED) is 0.675. The Morgan fingerprint density at radius 1 is 1.24 bits per heavy atom. The summed E-state index contributed by atoms with van der Waals surface area (Å²) < 4.78 is 12.0. The van der Waals surface area contributed by atoms with Gasteiger partial charge in [-0.05, 0) is 24.3 Å². The molecule has 0 atom stereocenters. The van der Waals surface area contributed by atoms with Gasteiger partial charge in [0.05, 0.1) is 12.8 Å². The minimum absolute atomic E-state index is 0.144. The fourth-order valence-electron chi connectivity index (χ4n) is 1.92. The second-order valence-electron chi connectivity index (χ2n) is 4.18. The molecule has 0 fully saturated rings. The molecular weight excluding hydrogens is 272 g/mol. The van der Waals surface area contributed by atoms with Gasteiger partial charge in [-0.25, -0.2) is 19.3 Å². The Hall–Kier alpha value is -2.96. The zero-order chi connectivity index (χ0) is 14.7. The fourth-order valence-corrected chi connectivity index (χ4v) is 1.92. The number of pyridine rings is 2. The van der Waals surface area contributed by atoms with Crippen molar-refractivity contribution in [3.05, 3.63) is 54.2 Å². The molecule has 106 valence electrons. The highest BCUT2D eigenvalue weighted by Crippen LogP contribution is 2.18. The highest BCUT2D eigenvalue weighted by Gasteiger charge is 2.14. The Labute approximate surface area is 120 Å². The molecule has 0 amide bonds. The molecule has 21 heavy (non-hydrogen) atoms. The molecule has 0 saturated heterocycles. The first kappa shape index (κ1) is 13.0. The molecule has 7 heteroatoms. The third-order valence-corrected chi connectivity index (χ3v) is 2.91. The van der Waals surface area contributed by atoms with Crippen LogP contribution in [-0.4, -0.2) is 32.7 Å². The zero-order valence-electron chi connectivity index (χ0n) is 11.3. The molecule has 3 aromatic heterocycles. The molecule has 0 bridgehead atoms. The van der Waals surface area contributed by atoms with Gasteiger partial charge in [-0.3, -0.25) is 0 Å². The molecular formula is C14H12N4O3. The SMILES string of the molecule is COC(=O)c1ncccc1OCc1cccc2ncnn12. The molecule has 0 radical (unpaired) electrons. The number of carbonyl (C=O) groups excluding carboxylic acids is 1. The highest BCUT2D eigenvalue weighted by atomic mass is 16.5. The number of hydrogen-bond acceptors (Lipinski definition) is 6. The lowest BCUT2D eigenvalue weighted by molar-refractivity contribution is 0.0588. The summed E-state index contributed by atoms with van der Waals surface area (Å²) in [5, 5.41) is 4.12. The number of esters is 1. The maximum absolute atomic E-state index is 11.6. The predicted octanol–water partition coefficient (Wildman–Crippen LogP) is 1.49. The fraction of sp³-hybridized carbons (Fsp3) is 0.143. The minimum atomic E-state index is -0.537. The van der Waals surface area contributed by atoms with E-state index >= 15 is 0 Å². The lowest BCUT2D eigenvalue weighted by atomic mass is 10.3. The van der Waals surface area contributed by atoms with E-state index < -0.39 is 5.97 Å². The van der Waals surface area contributed by atoms with Crippen molar-refractivity contribution in [3.63, 3.8) is 0 Å². The van der Waals surface area contributed by atoms with Crippen molar-refractivity contribution < 1.29 is 14.3 Å². The number of carbonyl (C=O) groups is 1. The van der Waals surface area contributed by atoms with E-state index in [1.807, 2.05) is 18.2 Å². The molecule has 0 aliphatic carbocycles. The minimum Gasteiger partial charge on any atom is -0.485 e. The molecule has 3 aromatic rings. The number of hydrogen-bond donors (Lipinski definition) is 0. The molecule has 0 N–H and O–H groups in total. The number of ether oxygens (including phenoxy) is 2. The molecule has 0 spiro atoms. The van der Waals surface area contributed by atoms with Crippen LogP contribution in [0.3, 0.4) is 0 Å². The number of aromatic nitrogens is 4. The Morgan fingerprint density at radius 2 is 2.14 bits per heavy atom. The summed E-state index contributed by atoms with van der Waals surface area (Å²) in [4.78, 5) is 19.7. The monoisotopic (exact) mass is 284 g/mol. The molecule has 7 nitrogen and oxygen atoms in total. The van der Waals surface area contributed by atoms with Crippen molar-refractivity contribution in [2.75, 3.05) is 7.11 Å². The van der Waals surface area contributed by atoms with E-state index in [0.29, 0.717) is 5.75 Å². The van der Waals surface area contributed by atoms with Crippen molar-refractivity contribution in [1.29, 1.82) is 0 Å². The van der Waals surface area contributed by atoms with Crippen LogP contribution in [0.4, 0.5) is 0 Å². The summed E-state index contributed by atoms with van der Waals surface area (Å²) >= 11 is 0. The topological polar surface area (TPSA) is 78.6 Å². The van der Waals surface area contributed by atoms with Gasteiger partial charge in [-0.15, -0.1) is 0 Å². The molecule has 0 saturated carbocycles. The van der Waals surface area contributed by atoms with Gasteiger partial charge in [0.2, 0.25) is 0 Å². The summed E-state index contributed by atoms with van der Waals surface area (Å²) in [6, 6.07) is 8.95. The standard InChI is InChI=1S/C14H12N4O3/c1-20-14(19)13-11(5-3-7-15-13)21-8-10-4-2-6-12-16-9-17-18(10)12/h2-7,9H,8H2,1H3. The molecule has 3 heterocycles. The van der Waals surface area contributed by atoms with E-state index in [-0.39, 0.29) is 12.3 Å². The second-order valence-corrected chi connectivity index (χ2v) is 4.18. The van der Waals surface area contributed by atoms with E-state index in [1.165, 1.54) is 19.6 Å². The normalized spacial score (nSPS) is 10.5. The average Bonchev–Trinajstić information content (AvgIpc) is 3.01. The number of rotatable bonds is 4. The van der Waals surface area contributed by atoms with Gasteiger partial charge in [0.25, 0.3) is 0 Å². The Kier molecular flexibility index (Phi) is 3.46. The van der Waals surface area contributed by atoms with Gasteiger partial charge in [-0.1, -0.05) is 6.07 Å². The lowest BCUT2D eigenvalue weighted by Crippen LogP contribution is -2.09. The molecule has 0 aliphatic heterocycles. The molecule has 3 rings (SSSR count). The van der Waals surface area contributed by atoms with Crippen molar-refractivity contribution in [3.8, 4) is 5.75 Å². The summed E-state index contributed by atoms with van der Waals surface area (Å²) in [6.45, 7) is 0.233. The van der Waals surface area contributed by atoms with E-state index in [2.05, 4.69) is 19.8 Å². The van der Waals surface area contributed by atoms with Crippen LogP contribution in [0.1, 0.15) is 16.2 Å². The lowest BCUT2D eigenvalue weighted by Gasteiger charge is -2.09. The maximum atomic E-state index is 11.6.